The number of rotatable bonds is 6. The highest BCUT2D eigenvalue weighted by Crippen LogP contribution is 2.35. The summed E-state index contributed by atoms with van der Waals surface area (Å²) in [7, 11) is 0. The van der Waals surface area contributed by atoms with Crippen molar-refractivity contribution in [2.75, 3.05) is 6.61 Å². The molecule has 5 nitrogen and oxygen atoms in total. The Balaban J connectivity index is 1.58. The highest BCUT2D eigenvalue weighted by Gasteiger charge is 2.31. The number of benzene rings is 1. The highest BCUT2D eigenvalue weighted by atomic mass is 127. The minimum atomic E-state index is -0.122. The molecule has 0 saturated heterocycles. The SMILES string of the molecule is C[C@H](NC(=O)c1nn(-c2ccc(Cl)cc2CI)c2c1COC/C2=C\c1ccsc1)C1CCCCC1. The van der Waals surface area contributed by atoms with E-state index in [0.29, 0.717) is 29.8 Å². The molecule has 1 aliphatic heterocycles. The largest absolute Gasteiger partial charge is 0.372 e. The summed E-state index contributed by atoms with van der Waals surface area (Å²) in [5.41, 5.74) is 6.41. The van der Waals surface area contributed by atoms with Gasteiger partial charge in [-0.1, -0.05) is 53.5 Å². The third kappa shape index (κ3) is 5.38. The molecule has 1 aromatic carbocycles. The second-order valence-corrected chi connectivity index (χ2v) is 11.4. The zero-order valence-corrected chi connectivity index (χ0v) is 23.5. The van der Waals surface area contributed by atoms with Crippen LogP contribution >= 0.6 is 45.5 Å². The van der Waals surface area contributed by atoms with Gasteiger partial charge in [-0.15, -0.1) is 0 Å². The Morgan fingerprint density at radius 3 is 2.89 bits per heavy atom. The van der Waals surface area contributed by atoms with Crippen LogP contribution in [0.25, 0.3) is 17.3 Å². The van der Waals surface area contributed by atoms with Gasteiger partial charge >= 0.3 is 0 Å². The number of amides is 1. The van der Waals surface area contributed by atoms with Crippen molar-refractivity contribution in [2.45, 2.75) is 56.1 Å². The molecule has 2 aliphatic rings. The molecule has 5 rings (SSSR count). The molecule has 1 saturated carbocycles. The third-order valence-electron chi connectivity index (χ3n) is 7.02. The van der Waals surface area contributed by atoms with Crippen LogP contribution in [0.15, 0.2) is 35.0 Å². The molecule has 2 aromatic heterocycles. The molecule has 1 atom stereocenters. The number of carbonyl (C=O) groups excluding carboxylic acids is 1. The molecule has 3 heterocycles. The van der Waals surface area contributed by atoms with Gasteiger partial charge in [-0.05, 0) is 77.9 Å². The minimum absolute atomic E-state index is 0.120. The highest BCUT2D eigenvalue weighted by molar-refractivity contribution is 14.1. The number of aromatic nitrogens is 2. The second kappa shape index (κ2) is 11.2. The molecule has 0 bridgehead atoms. The summed E-state index contributed by atoms with van der Waals surface area (Å²) in [4.78, 5) is 13.6. The van der Waals surface area contributed by atoms with E-state index in [1.54, 1.807) is 11.3 Å². The Labute approximate surface area is 229 Å². The number of fused-ring (bicyclic) bond motifs is 1. The van der Waals surface area contributed by atoms with Gasteiger partial charge in [0.2, 0.25) is 0 Å². The topological polar surface area (TPSA) is 56.2 Å². The molecular formula is C27H29ClIN3O2S. The number of hydrogen-bond donors (Lipinski definition) is 1. The van der Waals surface area contributed by atoms with Crippen LogP contribution in [0, 0.1) is 5.92 Å². The third-order valence-corrected chi connectivity index (χ3v) is 8.78. The Hall–Kier alpha value is -1.68. The van der Waals surface area contributed by atoms with Crippen molar-refractivity contribution in [3.63, 3.8) is 0 Å². The van der Waals surface area contributed by atoms with E-state index in [4.69, 9.17) is 21.4 Å². The van der Waals surface area contributed by atoms with Gasteiger partial charge in [0.25, 0.3) is 5.91 Å². The van der Waals surface area contributed by atoms with Crippen molar-refractivity contribution in [3.8, 4) is 5.69 Å². The molecule has 1 N–H and O–H groups in total. The van der Waals surface area contributed by atoms with Gasteiger partial charge in [0, 0.05) is 26.6 Å². The van der Waals surface area contributed by atoms with Gasteiger partial charge in [0.05, 0.1) is 24.6 Å². The molecule has 0 unspecified atom stereocenters. The van der Waals surface area contributed by atoms with Gasteiger partial charge in [-0.2, -0.15) is 16.4 Å². The van der Waals surface area contributed by atoms with Crippen LogP contribution in [0.3, 0.4) is 0 Å². The number of ether oxygens (including phenoxy) is 1. The van der Waals surface area contributed by atoms with E-state index >= 15 is 0 Å². The average Bonchev–Trinajstić information content (AvgIpc) is 3.53. The van der Waals surface area contributed by atoms with Crippen LogP contribution in [0.4, 0.5) is 0 Å². The van der Waals surface area contributed by atoms with Crippen LogP contribution in [0.5, 0.6) is 0 Å². The maximum absolute atomic E-state index is 13.6. The predicted molar refractivity (Wildman–Crippen MR) is 152 cm³/mol. The van der Waals surface area contributed by atoms with Gasteiger partial charge in [0.15, 0.2) is 5.69 Å². The van der Waals surface area contributed by atoms with Crippen LogP contribution in [0.1, 0.15) is 71.9 Å². The maximum atomic E-state index is 13.6. The summed E-state index contributed by atoms with van der Waals surface area (Å²) in [5, 5.41) is 13.1. The van der Waals surface area contributed by atoms with Crippen molar-refractivity contribution in [3.05, 3.63) is 68.1 Å². The smallest absolute Gasteiger partial charge is 0.272 e. The van der Waals surface area contributed by atoms with Gasteiger partial charge < -0.3 is 10.1 Å². The summed E-state index contributed by atoms with van der Waals surface area (Å²) in [6.45, 7) is 2.97. The first-order valence-corrected chi connectivity index (χ1v) is 15.0. The summed E-state index contributed by atoms with van der Waals surface area (Å²) in [6, 6.07) is 8.06. The van der Waals surface area contributed by atoms with Crippen molar-refractivity contribution in [1.82, 2.24) is 15.1 Å². The monoisotopic (exact) mass is 621 g/mol. The number of nitrogens with one attached hydrogen (secondary N) is 1. The zero-order valence-electron chi connectivity index (χ0n) is 19.7. The van der Waals surface area contributed by atoms with Gasteiger partial charge in [0.1, 0.15) is 0 Å². The lowest BCUT2D eigenvalue weighted by molar-refractivity contribution is 0.0906. The van der Waals surface area contributed by atoms with E-state index in [1.165, 1.54) is 32.1 Å². The Morgan fingerprint density at radius 1 is 1.31 bits per heavy atom. The second-order valence-electron chi connectivity index (χ2n) is 9.37. The molecule has 8 heteroatoms. The molecule has 0 spiro atoms. The first-order valence-electron chi connectivity index (χ1n) is 12.1. The minimum Gasteiger partial charge on any atom is -0.372 e. The number of halogens is 2. The Kier molecular flexibility index (Phi) is 7.96. The lowest BCUT2D eigenvalue weighted by Gasteiger charge is -2.28. The average molecular weight is 622 g/mol. The van der Waals surface area contributed by atoms with E-state index < -0.39 is 0 Å². The van der Waals surface area contributed by atoms with E-state index in [9.17, 15) is 4.79 Å². The lowest BCUT2D eigenvalue weighted by Crippen LogP contribution is -2.39. The van der Waals surface area contributed by atoms with E-state index in [1.807, 2.05) is 22.9 Å². The van der Waals surface area contributed by atoms with Crippen molar-refractivity contribution < 1.29 is 9.53 Å². The van der Waals surface area contributed by atoms with Crippen LogP contribution in [-0.2, 0) is 15.8 Å². The number of thiophene rings is 1. The standard InChI is InChI=1S/C27H29ClIN3O2S/c1-17(19-5-3-2-4-6-19)30-27(33)25-23-15-34-14-21(11-18-9-10-35-16-18)26(23)32(31-25)24-8-7-22(28)12-20(24)13-29/h7-12,16-17,19H,2-6,13-15H2,1H3,(H,30,33)/b21-11+/t17-/m0/s1. The Morgan fingerprint density at radius 2 is 2.14 bits per heavy atom. The maximum Gasteiger partial charge on any atom is 0.272 e. The quantitative estimate of drug-likeness (QED) is 0.232. The van der Waals surface area contributed by atoms with Gasteiger partial charge in [-0.25, -0.2) is 4.68 Å². The first-order chi connectivity index (χ1) is 17.0. The van der Waals surface area contributed by atoms with Crippen molar-refractivity contribution >= 4 is 63.1 Å². The summed E-state index contributed by atoms with van der Waals surface area (Å²) in [5.74, 6) is 0.404. The number of alkyl halides is 1. The predicted octanol–water partition coefficient (Wildman–Crippen LogP) is 7.29. The Bertz CT molecular complexity index is 1230. The fraction of sp³-hybridized carbons (Fsp3) is 0.407. The number of hydrogen-bond acceptors (Lipinski definition) is 4. The van der Waals surface area contributed by atoms with E-state index in [-0.39, 0.29) is 11.9 Å². The normalized spacial score (nSPS) is 18.4. The summed E-state index contributed by atoms with van der Waals surface area (Å²) in [6.07, 6.45) is 8.28. The lowest BCUT2D eigenvalue weighted by atomic mass is 9.84. The molecule has 1 fully saturated rings. The summed E-state index contributed by atoms with van der Waals surface area (Å²) < 4.78 is 8.69. The fourth-order valence-corrected chi connectivity index (χ4v) is 6.59. The molecule has 1 amide bonds. The number of carbonyl (C=O) groups is 1. The summed E-state index contributed by atoms with van der Waals surface area (Å²) >= 11 is 10.3. The van der Waals surface area contributed by atoms with Crippen LogP contribution in [0.2, 0.25) is 5.02 Å². The molecule has 3 aromatic rings. The first kappa shape index (κ1) is 25.0. The van der Waals surface area contributed by atoms with E-state index in [0.717, 1.165) is 38.1 Å². The molecule has 184 valence electrons. The molecule has 1 aliphatic carbocycles. The molecule has 35 heavy (non-hydrogen) atoms. The van der Waals surface area contributed by atoms with Crippen molar-refractivity contribution in [1.29, 1.82) is 0 Å². The van der Waals surface area contributed by atoms with Crippen molar-refractivity contribution in [2.24, 2.45) is 5.92 Å². The number of nitrogens with zero attached hydrogens (tertiary/aromatic N) is 2. The van der Waals surface area contributed by atoms with Crippen LogP contribution in [-0.4, -0.2) is 28.3 Å². The molecule has 0 radical (unpaired) electrons. The molecular weight excluding hydrogens is 593 g/mol. The van der Waals surface area contributed by atoms with Gasteiger partial charge in [-0.3, -0.25) is 4.79 Å². The van der Waals surface area contributed by atoms with Crippen LogP contribution < -0.4 is 5.32 Å². The van der Waals surface area contributed by atoms with E-state index in [2.05, 4.69) is 57.7 Å². The fourth-order valence-electron chi connectivity index (χ4n) is 5.17. The zero-order chi connectivity index (χ0) is 24.4.